The van der Waals surface area contributed by atoms with E-state index in [-0.39, 0.29) is 11.9 Å². The Labute approximate surface area is 182 Å². The minimum absolute atomic E-state index is 0.0558. The highest BCUT2D eigenvalue weighted by Crippen LogP contribution is 2.36. The molecule has 2 bridgehead atoms. The number of para-hydroxylation sites is 1. The molecule has 0 spiro atoms. The number of fused-ring (bicyclic) bond motifs is 2. The Balaban J connectivity index is 1.44. The van der Waals surface area contributed by atoms with Crippen LogP contribution in [0.1, 0.15) is 48.0 Å². The number of halogens is 2. The molecule has 4 nitrogen and oxygen atoms in total. The normalized spacial score (nSPS) is 24.2. The van der Waals surface area contributed by atoms with E-state index in [1.165, 1.54) is 6.42 Å². The predicted octanol–water partition coefficient (Wildman–Crippen LogP) is 5.32. The summed E-state index contributed by atoms with van der Waals surface area (Å²) in [7, 11) is 1.59. The standard InChI is InChI=1S/C23H26Cl2N2O2/c1-29-22-8-3-2-7-20(22)23(28)26-17-12-18-5-4-6-19(13-17)27(18)14-15-9-10-16(24)11-21(15)25/h2-3,7-11,17-19H,4-6,12-14H2,1H3,(H,26,28). The molecule has 2 aliphatic rings. The number of rotatable bonds is 5. The molecule has 2 aromatic rings. The lowest BCUT2D eigenvalue weighted by atomic mass is 9.81. The fourth-order valence-electron chi connectivity index (χ4n) is 4.80. The van der Waals surface area contributed by atoms with Crippen molar-refractivity contribution in [2.75, 3.05) is 7.11 Å². The lowest BCUT2D eigenvalue weighted by molar-refractivity contribution is 0.0177. The number of benzene rings is 2. The van der Waals surface area contributed by atoms with Crippen molar-refractivity contribution < 1.29 is 9.53 Å². The van der Waals surface area contributed by atoms with Gasteiger partial charge in [0.2, 0.25) is 0 Å². The first-order chi connectivity index (χ1) is 14.0. The summed E-state index contributed by atoms with van der Waals surface area (Å²) in [6.45, 7) is 0.832. The van der Waals surface area contributed by atoms with Crippen LogP contribution in [0.2, 0.25) is 10.0 Å². The molecule has 2 aromatic carbocycles. The summed E-state index contributed by atoms with van der Waals surface area (Å²) < 4.78 is 5.34. The maximum atomic E-state index is 12.8. The van der Waals surface area contributed by atoms with Gasteiger partial charge in [-0.15, -0.1) is 0 Å². The Bertz CT molecular complexity index is 875. The SMILES string of the molecule is COc1ccccc1C(=O)NC1CC2CCCC(C1)N2Cc1ccc(Cl)cc1Cl. The van der Waals surface area contributed by atoms with Crippen LogP contribution in [0, 0.1) is 0 Å². The molecule has 2 unspecified atom stereocenters. The number of hydrogen-bond acceptors (Lipinski definition) is 3. The average molecular weight is 433 g/mol. The van der Waals surface area contributed by atoms with E-state index in [0.717, 1.165) is 42.8 Å². The Kier molecular flexibility index (Phi) is 6.33. The van der Waals surface area contributed by atoms with Gasteiger partial charge in [-0.1, -0.05) is 47.8 Å². The van der Waals surface area contributed by atoms with Crippen molar-refractivity contribution in [1.82, 2.24) is 10.2 Å². The molecule has 0 radical (unpaired) electrons. The van der Waals surface area contributed by atoms with Crippen LogP contribution in [-0.4, -0.2) is 36.0 Å². The highest BCUT2D eigenvalue weighted by Gasteiger charge is 2.39. The Hall–Kier alpha value is -1.75. The van der Waals surface area contributed by atoms with Gasteiger partial charge in [-0.05, 0) is 55.5 Å². The van der Waals surface area contributed by atoms with Crippen molar-refractivity contribution in [3.63, 3.8) is 0 Å². The third-order valence-corrected chi connectivity index (χ3v) is 6.77. The summed E-state index contributed by atoms with van der Waals surface area (Å²) in [5.74, 6) is 0.555. The van der Waals surface area contributed by atoms with E-state index < -0.39 is 0 Å². The van der Waals surface area contributed by atoms with Gasteiger partial charge in [-0.3, -0.25) is 9.69 Å². The molecule has 2 atom stereocenters. The van der Waals surface area contributed by atoms with E-state index in [1.54, 1.807) is 7.11 Å². The first-order valence-corrected chi connectivity index (χ1v) is 10.9. The molecule has 29 heavy (non-hydrogen) atoms. The van der Waals surface area contributed by atoms with Crippen molar-refractivity contribution in [2.24, 2.45) is 0 Å². The van der Waals surface area contributed by atoms with Gasteiger partial charge in [-0.2, -0.15) is 0 Å². The second-order valence-electron chi connectivity index (χ2n) is 7.99. The Morgan fingerprint density at radius 1 is 1.14 bits per heavy atom. The summed E-state index contributed by atoms with van der Waals surface area (Å²) in [6, 6.07) is 14.2. The van der Waals surface area contributed by atoms with E-state index >= 15 is 0 Å². The van der Waals surface area contributed by atoms with Crippen molar-refractivity contribution in [3.8, 4) is 5.75 Å². The number of methoxy groups -OCH3 is 1. The molecule has 4 rings (SSSR count). The molecule has 2 aliphatic heterocycles. The quantitative estimate of drug-likeness (QED) is 0.694. The Morgan fingerprint density at radius 3 is 2.55 bits per heavy atom. The first kappa shape index (κ1) is 20.5. The third-order valence-electron chi connectivity index (χ3n) is 6.18. The molecule has 2 saturated heterocycles. The van der Waals surface area contributed by atoms with Crippen LogP contribution in [0.3, 0.4) is 0 Å². The molecular formula is C23H26Cl2N2O2. The molecule has 0 aliphatic carbocycles. The van der Waals surface area contributed by atoms with Crippen LogP contribution < -0.4 is 10.1 Å². The van der Waals surface area contributed by atoms with Gasteiger partial charge in [0.05, 0.1) is 12.7 Å². The molecule has 154 valence electrons. The second-order valence-corrected chi connectivity index (χ2v) is 8.83. The third kappa shape index (κ3) is 4.55. The number of nitrogens with one attached hydrogen (secondary N) is 1. The van der Waals surface area contributed by atoms with Gasteiger partial charge in [0.1, 0.15) is 5.75 Å². The number of amides is 1. The van der Waals surface area contributed by atoms with Crippen molar-refractivity contribution in [3.05, 3.63) is 63.6 Å². The van der Waals surface area contributed by atoms with Gasteiger partial charge >= 0.3 is 0 Å². The van der Waals surface area contributed by atoms with Gasteiger partial charge in [0, 0.05) is 34.7 Å². The minimum Gasteiger partial charge on any atom is -0.496 e. The largest absolute Gasteiger partial charge is 0.496 e. The van der Waals surface area contributed by atoms with Crippen molar-refractivity contribution in [2.45, 2.75) is 56.8 Å². The summed E-state index contributed by atoms with van der Waals surface area (Å²) in [6.07, 6.45) is 5.48. The van der Waals surface area contributed by atoms with Crippen molar-refractivity contribution in [1.29, 1.82) is 0 Å². The lowest BCUT2D eigenvalue weighted by Gasteiger charge is -2.49. The highest BCUT2D eigenvalue weighted by atomic mass is 35.5. The maximum Gasteiger partial charge on any atom is 0.255 e. The summed E-state index contributed by atoms with van der Waals surface area (Å²) in [5.41, 5.74) is 1.71. The average Bonchev–Trinajstić information content (AvgIpc) is 2.70. The van der Waals surface area contributed by atoms with Crippen LogP contribution in [0.15, 0.2) is 42.5 Å². The zero-order valence-corrected chi connectivity index (χ0v) is 18.0. The fraction of sp³-hybridized carbons (Fsp3) is 0.435. The van der Waals surface area contributed by atoms with E-state index in [0.29, 0.717) is 28.4 Å². The van der Waals surface area contributed by atoms with Gasteiger partial charge in [-0.25, -0.2) is 0 Å². The maximum absolute atomic E-state index is 12.8. The summed E-state index contributed by atoms with van der Waals surface area (Å²) in [5, 5.41) is 4.64. The van der Waals surface area contributed by atoms with E-state index in [2.05, 4.69) is 10.2 Å². The zero-order valence-electron chi connectivity index (χ0n) is 16.5. The summed E-state index contributed by atoms with van der Waals surface area (Å²) in [4.78, 5) is 15.4. The number of piperidine rings is 2. The summed E-state index contributed by atoms with van der Waals surface area (Å²) >= 11 is 12.5. The van der Waals surface area contributed by atoms with Crippen LogP contribution >= 0.6 is 23.2 Å². The molecule has 0 saturated carbocycles. The number of nitrogens with zero attached hydrogens (tertiary/aromatic N) is 1. The van der Waals surface area contributed by atoms with E-state index in [9.17, 15) is 4.79 Å². The number of carbonyl (C=O) groups excluding carboxylic acids is 1. The highest BCUT2D eigenvalue weighted by molar-refractivity contribution is 6.35. The molecule has 2 fully saturated rings. The molecular weight excluding hydrogens is 407 g/mol. The number of ether oxygens (including phenoxy) is 1. The molecule has 2 heterocycles. The van der Waals surface area contributed by atoms with Crippen LogP contribution in [0.5, 0.6) is 5.75 Å². The Morgan fingerprint density at radius 2 is 1.86 bits per heavy atom. The van der Waals surface area contributed by atoms with E-state index in [1.807, 2.05) is 42.5 Å². The van der Waals surface area contributed by atoms with Crippen molar-refractivity contribution >= 4 is 29.1 Å². The van der Waals surface area contributed by atoms with Gasteiger partial charge in [0.25, 0.3) is 5.91 Å². The predicted molar refractivity (Wildman–Crippen MR) is 117 cm³/mol. The second kappa shape index (κ2) is 8.95. The van der Waals surface area contributed by atoms with E-state index in [4.69, 9.17) is 27.9 Å². The number of carbonyl (C=O) groups is 1. The smallest absolute Gasteiger partial charge is 0.255 e. The number of hydrogen-bond donors (Lipinski definition) is 1. The lowest BCUT2D eigenvalue weighted by Crippen LogP contribution is -2.56. The monoisotopic (exact) mass is 432 g/mol. The molecule has 1 amide bonds. The fourth-order valence-corrected chi connectivity index (χ4v) is 5.26. The minimum atomic E-state index is -0.0558. The van der Waals surface area contributed by atoms with Gasteiger partial charge in [0.15, 0.2) is 0 Å². The molecule has 1 N–H and O–H groups in total. The van der Waals surface area contributed by atoms with Crippen LogP contribution in [-0.2, 0) is 6.54 Å². The topological polar surface area (TPSA) is 41.6 Å². The van der Waals surface area contributed by atoms with Crippen LogP contribution in [0.4, 0.5) is 0 Å². The first-order valence-electron chi connectivity index (χ1n) is 10.2. The van der Waals surface area contributed by atoms with Crippen LogP contribution in [0.25, 0.3) is 0 Å². The molecule has 0 aromatic heterocycles. The van der Waals surface area contributed by atoms with Gasteiger partial charge < -0.3 is 10.1 Å². The molecule has 6 heteroatoms. The zero-order chi connectivity index (χ0) is 20.4.